The molecule has 0 heterocycles. The van der Waals surface area contributed by atoms with Gasteiger partial charge in [0.2, 0.25) is 0 Å². The summed E-state index contributed by atoms with van der Waals surface area (Å²) < 4.78 is 34.1. The Labute approximate surface area is 76.0 Å². The summed E-state index contributed by atoms with van der Waals surface area (Å²) in [4.78, 5) is 0. The van der Waals surface area contributed by atoms with Gasteiger partial charge < -0.3 is 9.11 Å². The van der Waals surface area contributed by atoms with Crippen molar-refractivity contribution in [2.24, 2.45) is 0 Å². The second-order valence-corrected chi connectivity index (χ2v) is 1.22. The second-order valence-electron chi connectivity index (χ2n) is 0.408. The van der Waals surface area contributed by atoms with E-state index in [2.05, 4.69) is 0 Å². The molecular formula is EuO4S+. The van der Waals surface area contributed by atoms with Gasteiger partial charge in [0.05, 0.1) is 0 Å². The normalized spacial score (nSPS) is 9.67. The Morgan fingerprint density at radius 2 is 1.17 bits per heavy atom. The van der Waals surface area contributed by atoms with E-state index in [9.17, 15) is 0 Å². The molecule has 6 heavy (non-hydrogen) atoms. The molecule has 36 valence electrons. The van der Waals surface area contributed by atoms with E-state index in [0.717, 1.165) is 0 Å². The van der Waals surface area contributed by atoms with Crippen LogP contribution < -0.4 is 0 Å². The minimum Gasteiger partial charge on any atom is -0.759 e. The van der Waals surface area contributed by atoms with E-state index < -0.39 is 10.4 Å². The van der Waals surface area contributed by atoms with Gasteiger partial charge in [0.15, 0.2) is 0 Å². The van der Waals surface area contributed by atoms with E-state index in [1.54, 1.807) is 0 Å². The van der Waals surface area contributed by atoms with E-state index in [-0.39, 0.29) is 49.4 Å². The quantitative estimate of drug-likeness (QED) is 0.392. The number of rotatable bonds is 0. The van der Waals surface area contributed by atoms with Crippen molar-refractivity contribution >= 4 is 10.4 Å². The van der Waals surface area contributed by atoms with Gasteiger partial charge >= 0.3 is 49.4 Å². The summed E-state index contributed by atoms with van der Waals surface area (Å²) in [6.45, 7) is 0. The third kappa shape index (κ3) is 51.2. The maximum absolute atomic E-state index is 8.52. The maximum atomic E-state index is 8.52. The van der Waals surface area contributed by atoms with Gasteiger partial charge in [0, 0.05) is 10.4 Å². The zero-order valence-electron chi connectivity index (χ0n) is 2.42. The molecule has 6 heteroatoms. The molecule has 0 atom stereocenters. The predicted molar refractivity (Wildman–Crippen MR) is 10.5 cm³/mol. The van der Waals surface area contributed by atoms with Gasteiger partial charge in [-0.1, -0.05) is 0 Å². The zero-order valence-corrected chi connectivity index (χ0v) is 5.66. The Balaban J connectivity index is 0. The molecule has 0 aliphatic carbocycles. The summed E-state index contributed by atoms with van der Waals surface area (Å²) in [5.74, 6) is 0. The van der Waals surface area contributed by atoms with E-state index in [4.69, 9.17) is 17.5 Å². The summed E-state index contributed by atoms with van der Waals surface area (Å²) >= 11 is 0. The minimum atomic E-state index is -5.17. The molecule has 0 spiro atoms. The third-order valence-corrected chi connectivity index (χ3v) is 0. The molecule has 0 rings (SSSR count). The first-order chi connectivity index (χ1) is 2.00. The third-order valence-electron chi connectivity index (χ3n) is 0. The van der Waals surface area contributed by atoms with Gasteiger partial charge in [0.25, 0.3) is 0 Å². The van der Waals surface area contributed by atoms with E-state index in [0.29, 0.717) is 0 Å². The van der Waals surface area contributed by atoms with Crippen LogP contribution in [-0.2, 0) is 10.4 Å². The van der Waals surface area contributed by atoms with Crippen LogP contribution >= 0.6 is 0 Å². The van der Waals surface area contributed by atoms with Crippen molar-refractivity contribution in [2.45, 2.75) is 0 Å². The largest absolute Gasteiger partial charge is 3.00 e. The van der Waals surface area contributed by atoms with E-state index >= 15 is 0 Å². The van der Waals surface area contributed by atoms with Gasteiger partial charge in [-0.2, -0.15) is 0 Å². The van der Waals surface area contributed by atoms with Crippen molar-refractivity contribution in [3.8, 4) is 0 Å². The summed E-state index contributed by atoms with van der Waals surface area (Å²) in [6.07, 6.45) is 0. The maximum Gasteiger partial charge on any atom is 3.00 e. The second kappa shape index (κ2) is 3.46. The van der Waals surface area contributed by atoms with Crippen LogP contribution in [-0.4, -0.2) is 17.5 Å². The Morgan fingerprint density at radius 3 is 1.17 bits per heavy atom. The molecule has 0 aromatic heterocycles. The predicted octanol–water partition coefficient (Wildman–Crippen LogP) is -1.34. The fraction of sp³-hybridized carbons (Fsp3) is 0. The van der Waals surface area contributed by atoms with Crippen molar-refractivity contribution in [1.29, 1.82) is 0 Å². The van der Waals surface area contributed by atoms with Crippen molar-refractivity contribution in [2.75, 3.05) is 0 Å². The molecule has 0 fully saturated rings. The molecular weight excluding hydrogens is 248 g/mol. The van der Waals surface area contributed by atoms with Gasteiger partial charge in [0.1, 0.15) is 0 Å². The zero-order chi connectivity index (χ0) is 4.50. The van der Waals surface area contributed by atoms with Gasteiger partial charge in [-0.05, 0) is 0 Å². The molecule has 0 saturated carbocycles. The first-order valence-electron chi connectivity index (χ1n) is 0.667. The van der Waals surface area contributed by atoms with Crippen LogP contribution in [0.5, 0.6) is 0 Å². The first kappa shape index (κ1) is 10.4. The molecule has 0 bridgehead atoms. The SMILES string of the molecule is O=S(=O)([O-])[O-].[Eu+3]. The number of hydrogen-bond donors (Lipinski definition) is 0. The van der Waals surface area contributed by atoms with Crippen LogP contribution in [0.4, 0.5) is 0 Å². The minimum absolute atomic E-state index is 0. The molecule has 0 aliphatic rings. The molecule has 0 aromatic rings. The molecule has 0 aromatic carbocycles. The smallest absolute Gasteiger partial charge is 0.759 e. The van der Waals surface area contributed by atoms with Gasteiger partial charge in [-0.15, -0.1) is 0 Å². The van der Waals surface area contributed by atoms with Crippen LogP contribution in [0.15, 0.2) is 0 Å². The molecule has 0 radical (unpaired) electrons. The standard InChI is InChI=1S/Eu.H2O4S/c;1-5(2,3)4/h;(H2,1,2,3,4)/q+3;/p-2. The fourth-order valence-electron chi connectivity index (χ4n) is 0. The Kier molecular flexibility index (Phi) is 6.01. The van der Waals surface area contributed by atoms with E-state index in [1.165, 1.54) is 0 Å². The molecule has 0 N–H and O–H groups in total. The molecule has 4 nitrogen and oxygen atoms in total. The molecule has 0 saturated heterocycles. The Hall–Kier alpha value is 1.45. The van der Waals surface area contributed by atoms with Crippen LogP contribution in [0.3, 0.4) is 0 Å². The van der Waals surface area contributed by atoms with Crippen molar-refractivity contribution in [1.82, 2.24) is 0 Å². The summed E-state index contributed by atoms with van der Waals surface area (Å²) in [7, 11) is -5.17. The molecule has 0 amide bonds. The van der Waals surface area contributed by atoms with Crippen molar-refractivity contribution in [3.63, 3.8) is 0 Å². The van der Waals surface area contributed by atoms with Crippen molar-refractivity contribution in [3.05, 3.63) is 0 Å². The Morgan fingerprint density at radius 1 is 1.17 bits per heavy atom. The topological polar surface area (TPSA) is 80.3 Å². The van der Waals surface area contributed by atoms with Crippen molar-refractivity contribution < 1.29 is 66.9 Å². The fourth-order valence-corrected chi connectivity index (χ4v) is 0. The van der Waals surface area contributed by atoms with Crippen LogP contribution in [0, 0.1) is 49.4 Å². The number of hydrogen-bond acceptors (Lipinski definition) is 4. The summed E-state index contributed by atoms with van der Waals surface area (Å²) in [6, 6.07) is 0. The first-order valence-corrected chi connectivity index (χ1v) is 2.00. The molecule has 0 aliphatic heterocycles. The molecule has 0 unspecified atom stereocenters. The van der Waals surface area contributed by atoms with Crippen LogP contribution in [0.1, 0.15) is 0 Å². The average Bonchev–Trinajstić information content (AvgIpc) is 0.722. The Bertz CT molecular complexity index is 90.7. The average molecular weight is 248 g/mol. The van der Waals surface area contributed by atoms with Gasteiger partial charge in [-0.25, -0.2) is 0 Å². The van der Waals surface area contributed by atoms with Gasteiger partial charge in [-0.3, -0.25) is 8.42 Å². The monoisotopic (exact) mass is 249 g/mol. The van der Waals surface area contributed by atoms with E-state index in [1.807, 2.05) is 0 Å². The summed E-state index contributed by atoms with van der Waals surface area (Å²) in [5.41, 5.74) is 0. The van der Waals surface area contributed by atoms with Crippen LogP contribution in [0.25, 0.3) is 0 Å². The summed E-state index contributed by atoms with van der Waals surface area (Å²) in [5, 5.41) is 0. The van der Waals surface area contributed by atoms with Crippen LogP contribution in [0.2, 0.25) is 0 Å².